The van der Waals surface area contributed by atoms with Crippen LogP contribution in [0.15, 0.2) is 27.4 Å². The Hall–Kier alpha value is -0.700. The molecule has 0 aromatic carbocycles. The highest BCUT2D eigenvalue weighted by Crippen LogP contribution is 2.31. The fraction of sp³-hybridized carbons (Fsp3) is 0.417. The van der Waals surface area contributed by atoms with Crippen LogP contribution in [0, 0.1) is 6.92 Å². The standard InChI is InChI=1S/C12H16BrNO4S2/c1-4-6-14(8-12(15)18-5-2)20(16,17)10-7-11(13)19-9(10)3/h4,7H,1,5-6,8H2,2-3H3. The summed E-state index contributed by atoms with van der Waals surface area (Å²) < 4.78 is 31.7. The van der Waals surface area contributed by atoms with Gasteiger partial charge in [0.2, 0.25) is 10.0 Å². The first-order valence-corrected chi connectivity index (χ1v) is 8.90. The van der Waals surface area contributed by atoms with Crippen LogP contribution in [0.1, 0.15) is 11.8 Å². The lowest BCUT2D eigenvalue weighted by Gasteiger charge is -2.19. The van der Waals surface area contributed by atoms with Gasteiger partial charge in [0.25, 0.3) is 0 Å². The van der Waals surface area contributed by atoms with E-state index in [1.807, 2.05) is 0 Å². The minimum absolute atomic E-state index is 0.0497. The van der Waals surface area contributed by atoms with Crippen LogP contribution in [0.25, 0.3) is 0 Å². The van der Waals surface area contributed by atoms with Crippen molar-refractivity contribution in [1.82, 2.24) is 4.31 Å². The number of carbonyl (C=O) groups is 1. The third kappa shape index (κ3) is 4.15. The predicted molar refractivity (Wildman–Crippen MR) is 82.3 cm³/mol. The maximum atomic E-state index is 12.6. The number of thiophene rings is 1. The van der Waals surface area contributed by atoms with Crippen LogP contribution in [0.3, 0.4) is 0 Å². The van der Waals surface area contributed by atoms with Gasteiger partial charge in [-0.25, -0.2) is 8.42 Å². The molecule has 20 heavy (non-hydrogen) atoms. The molecule has 0 aliphatic carbocycles. The van der Waals surface area contributed by atoms with Crippen LogP contribution in [0.4, 0.5) is 0 Å². The summed E-state index contributed by atoms with van der Waals surface area (Å²) in [6.45, 7) is 6.85. The molecule has 1 heterocycles. The number of halogens is 1. The normalized spacial score (nSPS) is 11.6. The molecule has 0 aliphatic heterocycles. The van der Waals surface area contributed by atoms with E-state index < -0.39 is 16.0 Å². The van der Waals surface area contributed by atoms with Crippen molar-refractivity contribution in [1.29, 1.82) is 0 Å². The molecule has 0 amide bonds. The predicted octanol–water partition coefficient (Wildman–Crippen LogP) is 2.56. The van der Waals surface area contributed by atoms with Gasteiger partial charge in [-0.3, -0.25) is 4.79 Å². The van der Waals surface area contributed by atoms with Crippen LogP contribution in [0.5, 0.6) is 0 Å². The minimum Gasteiger partial charge on any atom is -0.465 e. The van der Waals surface area contributed by atoms with Gasteiger partial charge in [-0.2, -0.15) is 4.31 Å². The molecule has 0 saturated heterocycles. The fourth-order valence-corrected chi connectivity index (χ4v) is 5.31. The first-order valence-electron chi connectivity index (χ1n) is 5.85. The van der Waals surface area contributed by atoms with E-state index >= 15 is 0 Å². The molecular weight excluding hydrogens is 366 g/mol. The van der Waals surface area contributed by atoms with E-state index in [1.54, 1.807) is 13.8 Å². The first kappa shape index (κ1) is 17.4. The smallest absolute Gasteiger partial charge is 0.321 e. The lowest BCUT2D eigenvalue weighted by Crippen LogP contribution is -2.36. The number of hydrogen-bond donors (Lipinski definition) is 0. The number of nitrogens with zero attached hydrogens (tertiary/aromatic N) is 1. The van der Waals surface area contributed by atoms with Crippen LogP contribution in [0.2, 0.25) is 0 Å². The maximum Gasteiger partial charge on any atom is 0.321 e. The number of rotatable bonds is 7. The third-order valence-electron chi connectivity index (χ3n) is 2.40. The molecule has 5 nitrogen and oxygen atoms in total. The highest BCUT2D eigenvalue weighted by atomic mass is 79.9. The Labute approximate surface area is 131 Å². The number of carbonyl (C=O) groups excluding carboxylic acids is 1. The summed E-state index contributed by atoms with van der Waals surface area (Å²) in [5, 5.41) is 0. The number of ether oxygens (including phenoxy) is 1. The summed E-state index contributed by atoms with van der Waals surface area (Å²) in [5.74, 6) is -0.579. The number of aryl methyl sites for hydroxylation is 1. The topological polar surface area (TPSA) is 63.7 Å². The zero-order valence-electron chi connectivity index (χ0n) is 11.3. The molecule has 112 valence electrons. The Kier molecular flexibility index (Phi) is 6.38. The largest absolute Gasteiger partial charge is 0.465 e. The second-order valence-electron chi connectivity index (χ2n) is 3.86. The molecule has 0 unspecified atom stereocenters. The van der Waals surface area contributed by atoms with E-state index in [0.29, 0.717) is 4.88 Å². The Balaban J connectivity index is 3.09. The highest BCUT2D eigenvalue weighted by Gasteiger charge is 2.28. The van der Waals surface area contributed by atoms with E-state index in [9.17, 15) is 13.2 Å². The zero-order chi connectivity index (χ0) is 15.3. The molecule has 0 bridgehead atoms. The van der Waals surface area contributed by atoms with Gasteiger partial charge in [-0.1, -0.05) is 6.08 Å². The van der Waals surface area contributed by atoms with E-state index in [0.717, 1.165) is 8.09 Å². The molecule has 1 rings (SSSR count). The number of hydrogen-bond acceptors (Lipinski definition) is 5. The molecule has 0 fully saturated rings. The van der Waals surface area contributed by atoms with E-state index in [1.165, 1.54) is 23.5 Å². The van der Waals surface area contributed by atoms with Crippen LogP contribution in [-0.2, 0) is 19.6 Å². The molecule has 1 aromatic heterocycles. The lowest BCUT2D eigenvalue weighted by molar-refractivity contribution is -0.143. The first-order chi connectivity index (χ1) is 9.32. The van der Waals surface area contributed by atoms with Gasteiger partial charge in [0, 0.05) is 11.4 Å². The maximum absolute atomic E-state index is 12.6. The van der Waals surface area contributed by atoms with Crippen LogP contribution >= 0.6 is 27.3 Å². The summed E-state index contributed by atoms with van der Waals surface area (Å²) in [4.78, 5) is 12.4. The van der Waals surface area contributed by atoms with Crippen molar-refractivity contribution in [3.63, 3.8) is 0 Å². The Bertz CT molecular complexity index is 595. The van der Waals surface area contributed by atoms with Gasteiger partial charge in [-0.15, -0.1) is 17.9 Å². The third-order valence-corrected chi connectivity index (χ3v) is 6.02. The van der Waals surface area contributed by atoms with Gasteiger partial charge in [0.05, 0.1) is 15.3 Å². The van der Waals surface area contributed by atoms with Crippen molar-refractivity contribution in [2.75, 3.05) is 19.7 Å². The van der Waals surface area contributed by atoms with Crippen molar-refractivity contribution in [2.24, 2.45) is 0 Å². The Morgan fingerprint density at radius 3 is 2.70 bits per heavy atom. The Morgan fingerprint density at radius 2 is 2.25 bits per heavy atom. The minimum atomic E-state index is -3.74. The average molecular weight is 382 g/mol. The van der Waals surface area contributed by atoms with Crippen molar-refractivity contribution < 1.29 is 17.9 Å². The monoisotopic (exact) mass is 381 g/mol. The molecule has 0 saturated carbocycles. The van der Waals surface area contributed by atoms with Gasteiger partial charge < -0.3 is 4.74 Å². The van der Waals surface area contributed by atoms with Crippen molar-refractivity contribution >= 4 is 43.3 Å². The molecule has 0 atom stereocenters. The lowest BCUT2D eigenvalue weighted by atomic mass is 10.5. The quantitative estimate of drug-likeness (QED) is 0.537. The van der Waals surface area contributed by atoms with Gasteiger partial charge in [0.15, 0.2) is 0 Å². The summed E-state index contributed by atoms with van der Waals surface area (Å²) in [7, 11) is -3.74. The van der Waals surface area contributed by atoms with Crippen LogP contribution < -0.4 is 0 Å². The number of esters is 1. The summed E-state index contributed by atoms with van der Waals surface area (Å²) >= 11 is 4.59. The summed E-state index contributed by atoms with van der Waals surface area (Å²) in [6, 6.07) is 1.54. The zero-order valence-corrected chi connectivity index (χ0v) is 14.5. The van der Waals surface area contributed by atoms with E-state index in [-0.39, 0.29) is 24.6 Å². The highest BCUT2D eigenvalue weighted by molar-refractivity contribution is 9.11. The molecule has 0 spiro atoms. The van der Waals surface area contributed by atoms with Crippen LogP contribution in [-0.4, -0.2) is 38.4 Å². The summed E-state index contributed by atoms with van der Waals surface area (Å²) in [5.41, 5.74) is 0. The Morgan fingerprint density at radius 1 is 1.60 bits per heavy atom. The molecule has 0 radical (unpaired) electrons. The molecular formula is C12H16BrNO4S2. The molecule has 1 aromatic rings. The van der Waals surface area contributed by atoms with Gasteiger partial charge in [0.1, 0.15) is 6.54 Å². The summed E-state index contributed by atoms with van der Waals surface area (Å²) in [6.07, 6.45) is 1.44. The van der Waals surface area contributed by atoms with Crippen molar-refractivity contribution in [2.45, 2.75) is 18.7 Å². The second-order valence-corrected chi connectivity index (χ2v) is 8.40. The average Bonchev–Trinajstić information content (AvgIpc) is 2.69. The molecule has 8 heteroatoms. The van der Waals surface area contributed by atoms with E-state index in [2.05, 4.69) is 22.5 Å². The van der Waals surface area contributed by atoms with Gasteiger partial charge in [-0.05, 0) is 35.8 Å². The van der Waals surface area contributed by atoms with Gasteiger partial charge >= 0.3 is 5.97 Å². The van der Waals surface area contributed by atoms with Crippen molar-refractivity contribution in [3.8, 4) is 0 Å². The number of sulfonamides is 1. The van der Waals surface area contributed by atoms with Crippen molar-refractivity contribution in [3.05, 3.63) is 27.4 Å². The second kappa shape index (κ2) is 7.35. The molecule has 0 aliphatic rings. The molecule has 0 N–H and O–H groups in total. The SMILES string of the molecule is C=CCN(CC(=O)OCC)S(=O)(=O)c1cc(Br)sc1C. The fourth-order valence-electron chi connectivity index (χ4n) is 1.57. The van der Waals surface area contributed by atoms with E-state index in [4.69, 9.17) is 4.74 Å².